The van der Waals surface area contributed by atoms with Crippen molar-refractivity contribution in [1.29, 1.82) is 0 Å². The van der Waals surface area contributed by atoms with E-state index < -0.39 is 0 Å². The van der Waals surface area contributed by atoms with Crippen molar-refractivity contribution in [2.75, 3.05) is 0 Å². The second kappa shape index (κ2) is 7.33. The third kappa shape index (κ3) is 3.81. The fourth-order valence-corrected chi connectivity index (χ4v) is 4.45. The van der Waals surface area contributed by atoms with E-state index in [0.717, 1.165) is 11.7 Å². The van der Waals surface area contributed by atoms with E-state index in [1.54, 1.807) is 0 Å². The molecule has 3 rings (SSSR count). The van der Waals surface area contributed by atoms with Crippen molar-refractivity contribution in [3.05, 3.63) is 30.3 Å². The standard InChI is InChI=1S/C20H30O/c1-2-7-13-18(12-6-1)20(16-10-3-4-11-17-20)21-19-14-8-5-9-15-19/h5,8-9,14-15,18H,1-4,6-7,10-13,16-17H2. The summed E-state index contributed by atoms with van der Waals surface area (Å²) in [5.41, 5.74) is 0.127. The Bertz CT molecular complexity index is 395. The number of para-hydroxylation sites is 1. The summed E-state index contributed by atoms with van der Waals surface area (Å²) in [6.07, 6.45) is 16.5. The van der Waals surface area contributed by atoms with Crippen molar-refractivity contribution < 1.29 is 4.74 Å². The average molecular weight is 286 g/mol. The maximum absolute atomic E-state index is 6.72. The number of benzene rings is 1. The third-order valence-corrected chi connectivity index (χ3v) is 5.61. The van der Waals surface area contributed by atoms with Gasteiger partial charge in [-0.1, -0.05) is 56.7 Å². The molecule has 0 bridgehead atoms. The number of rotatable bonds is 3. The monoisotopic (exact) mass is 286 g/mol. The molecule has 0 unspecified atom stereocenters. The topological polar surface area (TPSA) is 9.23 Å². The molecule has 0 aliphatic heterocycles. The van der Waals surface area contributed by atoms with Gasteiger partial charge in [-0.15, -0.1) is 0 Å². The summed E-state index contributed by atoms with van der Waals surface area (Å²) in [6.45, 7) is 0. The van der Waals surface area contributed by atoms with Crippen LogP contribution in [0.1, 0.15) is 77.0 Å². The molecular weight excluding hydrogens is 256 g/mol. The minimum Gasteiger partial charge on any atom is -0.487 e. The van der Waals surface area contributed by atoms with Gasteiger partial charge in [-0.2, -0.15) is 0 Å². The van der Waals surface area contributed by atoms with E-state index in [-0.39, 0.29) is 5.60 Å². The fourth-order valence-electron chi connectivity index (χ4n) is 4.45. The van der Waals surface area contributed by atoms with Crippen LogP contribution in [0.2, 0.25) is 0 Å². The van der Waals surface area contributed by atoms with Crippen molar-refractivity contribution in [3.8, 4) is 5.75 Å². The molecule has 0 saturated heterocycles. The van der Waals surface area contributed by atoms with Gasteiger partial charge in [0.1, 0.15) is 11.4 Å². The lowest BCUT2D eigenvalue weighted by Crippen LogP contribution is -2.43. The lowest BCUT2D eigenvalue weighted by molar-refractivity contribution is -0.0131. The zero-order valence-corrected chi connectivity index (χ0v) is 13.4. The minimum atomic E-state index is 0.127. The Hall–Kier alpha value is -0.980. The van der Waals surface area contributed by atoms with Crippen LogP contribution >= 0.6 is 0 Å². The molecule has 2 fully saturated rings. The van der Waals surface area contributed by atoms with E-state index >= 15 is 0 Å². The summed E-state index contributed by atoms with van der Waals surface area (Å²) in [6, 6.07) is 10.6. The minimum absolute atomic E-state index is 0.127. The Morgan fingerprint density at radius 3 is 1.90 bits per heavy atom. The predicted molar refractivity (Wildman–Crippen MR) is 88.7 cm³/mol. The van der Waals surface area contributed by atoms with Crippen LogP contribution in [0.5, 0.6) is 5.75 Å². The molecule has 0 N–H and O–H groups in total. The zero-order valence-electron chi connectivity index (χ0n) is 13.4. The highest BCUT2D eigenvalue weighted by atomic mass is 16.5. The van der Waals surface area contributed by atoms with Crippen LogP contribution < -0.4 is 4.74 Å². The molecule has 2 aliphatic rings. The summed E-state index contributed by atoms with van der Waals surface area (Å²) < 4.78 is 6.72. The molecule has 1 aromatic rings. The SMILES string of the molecule is c1ccc(OC2(C3CCCCCC3)CCCCCC2)cc1. The molecule has 116 valence electrons. The maximum Gasteiger partial charge on any atom is 0.120 e. The maximum atomic E-state index is 6.72. The van der Waals surface area contributed by atoms with Gasteiger partial charge in [-0.05, 0) is 56.6 Å². The summed E-state index contributed by atoms with van der Waals surface area (Å²) in [5.74, 6) is 1.86. The van der Waals surface area contributed by atoms with Crippen molar-refractivity contribution in [2.45, 2.75) is 82.7 Å². The molecule has 1 heteroatoms. The lowest BCUT2D eigenvalue weighted by atomic mass is 9.76. The second-order valence-electron chi connectivity index (χ2n) is 7.08. The summed E-state index contributed by atoms with van der Waals surface area (Å²) in [5, 5.41) is 0. The van der Waals surface area contributed by atoms with Gasteiger partial charge < -0.3 is 4.74 Å². The van der Waals surface area contributed by atoms with Crippen LogP contribution in [0, 0.1) is 5.92 Å². The van der Waals surface area contributed by atoms with Gasteiger partial charge in [0.05, 0.1) is 0 Å². The Morgan fingerprint density at radius 1 is 0.714 bits per heavy atom. The smallest absolute Gasteiger partial charge is 0.120 e. The van der Waals surface area contributed by atoms with Gasteiger partial charge in [0.2, 0.25) is 0 Å². The van der Waals surface area contributed by atoms with E-state index in [4.69, 9.17) is 4.74 Å². The summed E-state index contributed by atoms with van der Waals surface area (Å²) in [7, 11) is 0. The van der Waals surface area contributed by atoms with E-state index in [9.17, 15) is 0 Å². The first-order valence-corrected chi connectivity index (χ1v) is 9.13. The Labute approximate surface area is 130 Å². The molecule has 2 aliphatic carbocycles. The highest BCUT2D eigenvalue weighted by Crippen LogP contribution is 2.43. The van der Waals surface area contributed by atoms with Gasteiger partial charge >= 0.3 is 0 Å². The number of ether oxygens (including phenoxy) is 1. The Balaban J connectivity index is 1.82. The van der Waals surface area contributed by atoms with Gasteiger partial charge in [0, 0.05) is 0 Å². The van der Waals surface area contributed by atoms with Gasteiger partial charge in [0.25, 0.3) is 0 Å². The highest BCUT2D eigenvalue weighted by molar-refractivity contribution is 5.22. The highest BCUT2D eigenvalue weighted by Gasteiger charge is 2.40. The predicted octanol–water partition coefficient (Wildman–Crippen LogP) is 6.13. The van der Waals surface area contributed by atoms with Crippen LogP contribution in [0.25, 0.3) is 0 Å². The molecule has 0 heterocycles. The van der Waals surface area contributed by atoms with Crippen molar-refractivity contribution in [3.63, 3.8) is 0 Å². The van der Waals surface area contributed by atoms with Gasteiger partial charge in [-0.25, -0.2) is 0 Å². The molecule has 1 nitrogen and oxygen atoms in total. The third-order valence-electron chi connectivity index (χ3n) is 5.61. The van der Waals surface area contributed by atoms with Crippen molar-refractivity contribution in [2.24, 2.45) is 5.92 Å². The van der Waals surface area contributed by atoms with E-state index in [1.165, 1.54) is 77.0 Å². The van der Waals surface area contributed by atoms with Crippen LogP contribution in [-0.4, -0.2) is 5.60 Å². The molecule has 0 aromatic heterocycles. The van der Waals surface area contributed by atoms with Crippen LogP contribution in [-0.2, 0) is 0 Å². The molecule has 1 aromatic carbocycles. The van der Waals surface area contributed by atoms with E-state index in [0.29, 0.717) is 0 Å². The summed E-state index contributed by atoms with van der Waals surface area (Å²) >= 11 is 0. The lowest BCUT2D eigenvalue weighted by Gasteiger charge is -2.41. The Morgan fingerprint density at radius 2 is 1.29 bits per heavy atom. The van der Waals surface area contributed by atoms with E-state index in [2.05, 4.69) is 30.3 Å². The van der Waals surface area contributed by atoms with Crippen molar-refractivity contribution >= 4 is 0 Å². The first-order valence-electron chi connectivity index (χ1n) is 9.13. The molecule has 0 amide bonds. The van der Waals surface area contributed by atoms with Crippen molar-refractivity contribution in [1.82, 2.24) is 0 Å². The Kier molecular flexibility index (Phi) is 5.22. The first-order chi connectivity index (χ1) is 10.4. The second-order valence-corrected chi connectivity index (χ2v) is 7.08. The molecule has 2 saturated carbocycles. The van der Waals surface area contributed by atoms with Gasteiger partial charge in [0.15, 0.2) is 0 Å². The molecule has 21 heavy (non-hydrogen) atoms. The number of hydrogen-bond donors (Lipinski definition) is 0. The first kappa shape index (κ1) is 14.9. The quantitative estimate of drug-likeness (QED) is 0.607. The summed E-state index contributed by atoms with van der Waals surface area (Å²) in [4.78, 5) is 0. The largest absolute Gasteiger partial charge is 0.487 e. The van der Waals surface area contributed by atoms with E-state index in [1.807, 2.05) is 0 Å². The van der Waals surface area contributed by atoms with Gasteiger partial charge in [-0.3, -0.25) is 0 Å². The number of hydrogen-bond acceptors (Lipinski definition) is 1. The molecule has 0 radical (unpaired) electrons. The molecule has 0 spiro atoms. The van der Waals surface area contributed by atoms with Crippen LogP contribution in [0.15, 0.2) is 30.3 Å². The molecular formula is C20H30O. The average Bonchev–Trinajstić information content (AvgIpc) is 2.92. The van der Waals surface area contributed by atoms with Crippen LogP contribution in [0.4, 0.5) is 0 Å². The van der Waals surface area contributed by atoms with Crippen LogP contribution in [0.3, 0.4) is 0 Å². The zero-order chi connectivity index (χ0) is 14.4. The fraction of sp³-hybridized carbons (Fsp3) is 0.700. The molecule has 0 atom stereocenters. The normalized spacial score (nSPS) is 24.0.